The lowest BCUT2D eigenvalue weighted by Crippen LogP contribution is -2.51. The van der Waals surface area contributed by atoms with Crippen molar-refractivity contribution in [2.75, 3.05) is 32.9 Å². The summed E-state index contributed by atoms with van der Waals surface area (Å²) in [7, 11) is 0. The van der Waals surface area contributed by atoms with Crippen LogP contribution in [0.15, 0.2) is 24.3 Å². The molecular weight excluding hydrogens is 290 g/mol. The van der Waals surface area contributed by atoms with Crippen molar-refractivity contribution in [2.45, 2.75) is 50.7 Å². The average Bonchev–Trinajstić information content (AvgIpc) is 2.76. The summed E-state index contributed by atoms with van der Waals surface area (Å²) in [5.74, 6) is 0.812. The van der Waals surface area contributed by atoms with Crippen molar-refractivity contribution in [3.63, 3.8) is 0 Å². The molecule has 0 unspecified atom stereocenters. The molecule has 3 rings (SSSR count). The van der Waals surface area contributed by atoms with E-state index in [0.717, 1.165) is 17.9 Å². The Hall–Kier alpha value is -1.10. The fraction of sp³-hybridized carbons (Fsp3) is 0.684. The number of β-amino-alcohol motifs (C(OH)–C–C–N with tert-alkyl or cyclic N) is 1. The molecule has 1 aliphatic carbocycles. The van der Waals surface area contributed by atoms with Gasteiger partial charge in [0.1, 0.15) is 18.0 Å². The Kier molecular flexibility index (Phi) is 5.57. The highest BCUT2D eigenvalue weighted by Crippen LogP contribution is 2.26. The molecule has 0 aromatic heterocycles. The molecule has 128 valence electrons. The van der Waals surface area contributed by atoms with Crippen molar-refractivity contribution >= 4 is 0 Å². The maximum Gasteiger partial charge on any atom is 0.134 e. The van der Waals surface area contributed by atoms with Gasteiger partial charge in [-0.05, 0) is 37.5 Å². The summed E-state index contributed by atoms with van der Waals surface area (Å²) < 4.78 is 11.5. The molecule has 0 radical (unpaired) electrons. The highest BCUT2D eigenvalue weighted by Gasteiger charge is 2.36. The molecular formula is C19H29NO3. The standard InChI is InChI=1S/C19H29NO3/c1-16-6-5-9-18(12-16)23-15-19(21)13-20(10-11-22-14-19)17-7-3-2-4-8-17/h5-6,9,12,17,21H,2-4,7-8,10-11,13-15H2,1H3/t19-/m1/s1. The van der Waals surface area contributed by atoms with E-state index >= 15 is 0 Å². The minimum absolute atomic E-state index is 0.277. The van der Waals surface area contributed by atoms with Crippen LogP contribution >= 0.6 is 0 Å². The average molecular weight is 319 g/mol. The molecule has 4 nitrogen and oxygen atoms in total. The summed E-state index contributed by atoms with van der Waals surface area (Å²) in [5, 5.41) is 11.0. The Bertz CT molecular complexity index is 501. The van der Waals surface area contributed by atoms with E-state index in [4.69, 9.17) is 9.47 Å². The van der Waals surface area contributed by atoms with Gasteiger partial charge < -0.3 is 14.6 Å². The molecule has 1 atom stereocenters. The van der Waals surface area contributed by atoms with Gasteiger partial charge in [-0.2, -0.15) is 0 Å². The molecule has 1 saturated carbocycles. The summed E-state index contributed by atoms with van der Waals surface area (Å²) in [6.45, 7) is 4.92. The van der Waals surface area contributed by atoms with Crippen LogP contribution in [0.5, 0.6) is 5.75 Å². The van der Waals surface area contributed by atoms with Crippen LogP contribution in [-0.4, -0.2) is 54.6 Å². The van der Waals surface area contributed by atoms with Crippen molar-refractivity contribution in [1.29, 1.82) is 0 Å². The third kappa shape index (κ3) is 4.69. The summed E-state index contributed by atoms with van der Waals surface area (Å²) >= 11 is 0. The molecule has 0 amide bonds. The van der Waals surface area contributed by atoms with Crippen LogP contribution in [0.1, 0.15) is 37.7 Å². The smallest absolute Gasteiger partial charge is 0.134 e. The van der Waals surface area contributed by atoms with Crippen LogP contribution in [0.3, 0.4) is 0 Å². The van der Waals surface area contributed by atoms with Crippen LogP contribution in [0.2, 0.25) is 0 Å². The lowest BCUT2D eigenvalue weighted by Gasteiger charge is -2.37. The SMILES string of the molecule is Cc1cccc(OC[C@]2(O)COCCN(C3CCCCC3)C2)c1. The van der Waals surface area contributed by atoms with Gasteiger partial charge in [0.2, 0.25) is 0 Å². The molecule has 0 bridgehead atoms. The molecule has 1 N–H and O–H groups in total. The maximum atomic E-state index is 11.0. The predicted octanol–water partition coefficient (Wildman–Crippen LogP) is 2.77. The number of hydrogen-bond donors (Lipinski definition) is 1. The number of benzene rings is 1. The molecule has 2 fully saturated rings. The second-order valence-corrected chi connectivity index (χ2v) is 7.14. The topological polar surface area (TPSA) is 41.9 Å². The first-order valence-electron chi connectivity index (χ1n) is 8.88. The van der Waals surface area contributed by atoms with Crippen LogP contribution in [0, 0.1) is 6.92 Å². The first kappa shape index (κ1) is 16.7. The minimum Gasteiger partial charge on any atom is -0.490 e. The molecule has 4 heteroatoms. The summed E-state index contributed by atoms with van der Waals surface area (Å²) in [6, 6.07) is 8.55. The van der Waals surface area contributed by atoms with Crippen molar-refractivity contribution in [3.05, 3.63) is 29.8 Å². The van der Waals surface area contributed by atoms with Gasteiger partial charge in [0.05, 0.1) is 13.2 Å². The van der Waals surface area contributed by atoms with E-state index in [2.05, 4.69) is 4.90 Å². The van der Waals surface area contributed by atoms with E-state index in [1.807, 2.05) is 31.2 Å². The first-order valence-corrected chi connectivity index (χ1v) is 8.88. The molecule has 23 heavy (non-hydrogen) atoms. The van der Waals surface area contributed by atoms with Crippen LogP contribution in [0.4, 0.5) is 0 Å². The molecule has 1 aromatic rings. The van der Waals surface area contributed by atoms with Gasteiger partial charge in [-0.3, -0.25) is 4.90 Å². The monoisotopic (exact) mass is 319 g/mol. The van der Waals surface area contributed by atoms with E-state index in [1.54, 1.807) is 0 Å². The molecule has 0 spiro atoms. The molecule has 1 saturated heterocycles. The quantitative estimate of drug-likeness (QED) is 0.926. The van der Waals surface area contributed by atoms with Gasteiger partial charge in [-0.1, -0.05) is 31.4 Å². The maximum absolute atomic E-state index is 11.0. The Morgan fingerprint density at radius 1 is 1.30 bits per heavy atom. The zero-order chi connectivity index (χ0) is 16.1. The third-order valence-corrected chi connectivity index (χ3v) is 4.98. The Morgan fingerprint density at radius 2 is 2.13 bits per heavy atom. The Morgan fingerprint density at radius 3 is 2.91 bits per heavy atom. The van der Waals surface area contributed by atoms with E-state index in [-0.39, 0.29) is 6.61 Å². The van der Waals surface area contributed by atoms with Gasteiger partial charge in [-0.15, -0.1) is 0 Å². The van der Waals surface area contributed by atoms with Crippen molar-refractivity contribution in [2.24, 2.45) is 0 Å². The van der Waals surface area contributed by atoms with Gasteiger partial charge in [0.15, 0.2) is 0 Å². The van der Waals surface area contributed by atoms with Gasteiger partial charge in [-0.25, -0.2) is 0 Å². The number of nitrogens with zero attached hydrogens (tertiary/aromatic N) is 1. The fourth-order valence-corrected chi connectivity index (χ4v) is 3.71. The second-order valence-electron chi connectivity index (χ2n) is 7.14. The highest BCUT2D eigenvalue weighted by atomic mass is 16.5. The third-order valence-electron chi connectivity index (χ3n) is 4.98. The first-order chi connectivity index (χ1) is 11.1. The van der Waals surface area contributed by atoms with Crippen LogP contribution < -0.4 is 4.74 Å². The number of aryl methyl sites for hydroxylation is 1. The lowest BCUT2D eigenvalue weighted by atomic mass is 9.93. The Labute approximate surface area is 139 Å². The van der Waals surface area contributed by atoms with Crippen molar-refractivity contribution in [1.82, 2.24) is 4.90 Å². The summed E-state index contributed by atoms with van der Waals surface area (Å²) in [4.78, 5) is 2.42. The zero-order valence-corrected chi connectivity index (χ0v) is 14.2. The summed E-state index contributed by atoms with van der Waals surface area (Å²) in [6.07, 6.45) is 6.45. The van der Waals surface area contributed by atoms with E-state index in [1.165, 1.54) is 32.1 Å². The van der Waals surface area contributed by atoms with E-state index in [9.17, 15) is 5.11 Å². The van der Waals surface area contributed by atoms with Crippen molar-refractivity contribution in [3.8, 4) is 5.75 Å². The predicted molar refractivity (Wildman–Crippen MR) is 90.9 cm³/mol. The number of hydrogen-bond acceptors (Lipinski definition) is 4. The molecule has 1 aliphatic heterocycles. The molecule has 1 aromatic carbocycles. The van der Waals surface area contributed by atoms with Crippen LogP contribution in [0.25, 0.3) is 0 Å². The molecule has 1 heterocycles. The van der Waals surface area contributed by atoms with Gasteiger partial charge in [0, 0.05) is 19.1 Å². The number of aliphatic hydroxyl groups is 1. The normalized spacial score (nSPS) is 27.6. The highest BCUT2D eigenvalue weighted by molar-refractivity contribution is 5.27. The second kappa shape index (κ2) is 7.65. The number of ether oxygens (including phenoxy) is 2. The lowest BCUT2D eigenvalue weighted by molar-refractivity contribution is -0.0681. The van der Waals surface area contributed by atoms with Gasteiger partial charge >= 0.3 is 0 Å². The summed E-state index contributed by atoms with van der Waals surface area (Å²) in [5.41, 5.74) is 0.230. The zero-order valence-electron chi connectivity index (χ0n) is 14.2. The number of rotatable bonds is 4. The fourth-order valence-electron chi connectivity index (χ4n) is 3.71. The van der Waals surface area contributed by atoms with E-state index < -0.39 is 5.60 Å². The molecule has 2 aliphatic rings. The Balaban J connectivity index is 1.61. The van der Waals surface area contributed by atoms with E-state index in [0.29, 0.717) is 25.8 Å². The van der Waals surface area contributed by atoms with Crippen molar-refractivity contribution < 1.29 is 14.6 Å². The van der Waals surface area contributed by atoms with Crippen LogP contribution in [-0.2, 0) is 4.74 Å². The largest absolute Gasteiger partial charge is 0.490 e. The minimum atomic E-state index is -0.933. The van der Waals surface area contributed by atoms with Gasteiger partial charge in [0.25, 0.3) is 0 Å².